The number of pyridine rings is 1. The second-order valence-electron chi connectivity index (χ2n) is 11.7. The summed E-state index contributed by atoms with van der Waals surface area (Å²) in [5.74, 6) is 0.560. The van der Waals surface area contributed by atoms with Crippen LogP contribution in [0.3, 0.4) is 0 Å². The third-order valence-corrected chi connectivity index (χ3v) is 7.29. The average Bonchev–Trinajstić information content (AvgIpc) is 3.44. The number of aryl methyl sites for hydroxylation is 1. The van der Waals surface area contributed by atoms with Crippen LogP contribution in [0.2, 0.25) is 0 Å². The van der Waals surface area contributed by atoms with Crippen molar-refractivity contribution in [2.24, 2.45) is 5.92 Å². The number of fused-ring (bicyclic) bond motifs is 3. The molecule has 0 aliphatic heterocycles. The first kappa shape index (κ1) is 23.5. The highest BCUT2D eigenvalue weighted by Crippen LogP contribution is 2.39. The van der Waals surface area contributed by atoms with Crippen LogP contribution in [0.5, 0.6) is 0 Å². The number of furan rings is 2. The van der Waals surface area contributed by atoms with E-state index >= 15 is 0 Å². The van der Waals surface area contributed by atoms with Crippen molar-refractivity contribution in [2.75, 3.05) is 0 Å². The highest BCUT2D eigenvalue weighted by atomic mass is 16.3. The lowest BCUT2D eigenvalue weighted by atomic mass is 9.82. The molecule has 0 unspecified atom stereocenters. The Labute approximate surface area is 218 Å². The van der Waals surface area contributed by atoms with Crippen LogP contribution in [-0.4, -0.2) is 4.98 Å². The highest BCUT2D eigenvalue weighted by Gasteiger charge is 2.21. The van der Waals surface area contributed by atoms with Gasteiger partial charge in [0.15, 0.2) is 0 Å². The lowest BCUT2D eigenvalue weighted by Gasteiger charge is -2.23. The van der Waals surface area contributed by atoms with Crippen molar-refractivity contribution < 1.29 is 8.83 Å². The van der Waals surface area contributed by atoms with Gasteiger partial charge in [-0.1, -0.05) is 65.0 Å². The predicted molar refractivity (Wildman–Crippen MR) is 154 cm³/mol. The van der Waals surface area contributed by atoms with E-state index in [1.165, 1.54) is 27.3 Å². The van der Waals surface area contributed by atoms with E-state index in [9.17, 15) is 0 Å². The van der Waals surface area contributed by atoms with Gasteiger partial charge in [0.1, 0.15) is 5.58 Å². The van der Waals surface area contributed by atoms with Gasteiger partial charge in [0.2, 0.25) is 5.71 Å². The summed E-state index contributed by atoms with van der Waals surface area (Å²) in [6.07, 6.45) is 4.71. The molecule has 3 heterocycles. The maximum Gasteiger partial charge on any atom is 0.227 e. The van der Waals surface area contributed by atoms with E-state index in [1.54, 1.807) is 0 Å². The molecule has 0 aliphatic carbocycles. The Morgan fingerprint density at radius 2 is 1.65 bits per heavy atom. The zero-order valence-corrected chi connectivity index (χ0v) is 22.5. The first-order chi connectivity index (χ1) is 17.7. The molecule has 6 aromatic rings. The van der Waals surface area contributed by atoms with Gasteiger partial charge >= 0.3 is 0 Å². The molecule has 0 radical (unpaired) electrons. The Morgan fingerprint density at radius 1 is 0.838 bits per heavy atom. The minimum absolute atomic E-state index is 0.00293. The van der Waals surface area contributed by atoms with Gasteiger partial charge in [-0.25, -0.2) is 4.98 Å². The van der Waals surface area contributed by atoms with Crippen molar-refractivity contribution in [3.63, 3.8) is 0 Å². The smallest absolute Gasteiger partial charge is 0.227 e. The summed E-state index contributed by atoms with van der Waals surface area (Å²) in [7, 11) is 0. The lowest BCUT2D eigenvalue weighted by Crippen LogP contribution is -2.12. The van der Waals surface area contributed by atoms with Crippen LogP contribution in [0.15, 0.2) is 82.0 Å². The zero-order chi connectivity index (χ0) is 25.9. The van der Waals surface area contributed by atoms with Crippen LogP contribution >= 0.6 is 0 Å². The Hall–Kier alpha value is -3.85. The SMILES string of the molecule is Cc1coc2nc(-c3cc(C(C)(C)C)c4ccccc4c3)cc(-c3ccc4occ(CC(C)C)c4c3)c12. The molecule has 0 N–H and O–H groups in total. The summed E-state index contributed by atoms with van der Waals surface area (Å²) in [6, 6.07) is 21.9. The molecule has 6 rings (SSSR count). The minimum atomic E-state index is 0.00293. The van der Waals surface area contributed by atoms with Crippen molar-refractivity contribution in [1.82, 2.24) is 4.98 Å². The van der Waals surface area contributed by atoms with Gasteiger partial charge in [0, 0.05) is 10.9 Å². The maximum atomic E-state index is 5.98. The fourth-order valence-electron chi connectivity index (χ4n) is 5.49. The molecule has 0 fully saturated rings. The molecule has 0 saturated heterocycles. The molecule has 0 saturated carbocycles. The van der Waals surface area contributed by atoms with Crippen LogP contribution < -0.4 is 0 Å². The molecule has 3 aromatic carbocycles. The quantitative estimate of drug-likeness (QED) is 0.248. The molecule has 0 spiro atoms. The van der Waals surface area contributed by atoms with E-state index in [0.717, 1.165) is 45.3 Å². The summed E-state index contributed by atoms with van der Waals surface area (Å²) in [5.41, 5.74) is 9.57. The van der Waals surface area contributed by atoms with Crippen molar-refractivity contribution in [3.8, 4) is 22.4 Å². The molecular formula is C34H33NO2. The van der Waals surface area contributed by atoms with Gasteiger partial charge in [0.25, 0.3) is 0 Å². The molecule has 3 heteroatoms. The summed E-state index contributed by atoms with van der Waals surface area (Å²) in [5, 5.41) is 4.76. The second-order valence-corrected chi connectivity index (χ2v) is 11.7. The molecule has 3 nitrogen and oxygen atoms in total. The molecular weight excluding hydrogens is 454 g/mol. The van der Waals surface area contributed by atoms with E-state index in [-0.39, 0.29) is 5.41 Å². The monoisotopic (exact) mass is 487 g/mol. The van der Waals surface area contributed by atoms with Crippen molar-refractivity contribution in [2.45, 2.75) is 53.4 Å². The van der Waals surface area contributed by atoms with Crippen molar-refractivity contribution in [3.05, 3.63) is 89.9 Å². The van der Waals surface area contributed by atoms with Gasteiger partial charge in [0.05, 0.1) is 23.6 Å². The molecule has 3 aromatic heterocycles. The highest BCUT2D eigenvalue weighted by molar-refractivity contribution is 6.00. The zero-order valence-electron chi connectivity index (χ0n) is 22.5. The van der Waals surface area contributed by atoms with Gasteiger partial charge in [-0.05, 0) is 93.6 Å². The Morgan fingerprint density at radius 3 is 2.43 bits per heavy atom. The number of hydrogen-bond donors (Lipinski definition) is 0. The third kappa shape index (κ3) is 4.13. The lowest BCUT2D eigenvalue weighted by molar-refractivity contribution is 0.594. The Kier molecular flexibility index (Phi) is 5.49. The predicted octanol–water partition coefficient (Wildman–Crippen LogP) is 9.87. The minimum Gasteiger partial charge on any atom is -0.464 e. The van der Waals surface area contributed by atoms with E-state index < -0.39 is 0 Å². The molecule has 0 atom stereocenters. The first-order valence-corrected chi connectivity index (χ1v) is 13.1. The van der Waals surface area contributed by atoms with Gasteiger partial charge in [-0.15, -0.1) is 0 Å². The van der Waals surface area contributed by atoms with E-state index in [0.29, 0.717) is 11.6 Å². The van der Waals surface area contributed by atoms with Crippen LogP contribution in [0.1, 0.15) is 51.3 Å². The third-order valence-electron chi connectivity index (χ3n) is 7.29. The van der Waals surface area contributed by atoms with Crippen LogP contribution in [0.4, 0.5) is 0 Å². The molecule has 0 aliphatic rings. The average molecular weight is 488 g/mol. The Bertz CT molecular complexity index is 1780. The molecule has 0 amide bonds. The number of benzene rings is 3. The summed E-state index contributed by atoms with van der Waals surface area (Å²) in [4.78, 5) is 5.01. The fraction of sp³-hybridized carbons (Fsp3) is 0.265. The van der Waals surface area contributed by atoms with Crippen LogP contribution in [0, 0.1) is 12.8 Å². The summed E-state index contributed by atoms with van der Waals surface area (Å²) in [6.45, 7) is 13.4. The first-order valence-electron chi connectivity index (χ1n) is 13.1. The van der Waals surface area contributed by atoms with E-state index in [2.05, 4.69) is 102 Å². The summed E-state index contributed by atoms with van der Waals surface area (Å²) < 4.78 is 11.9. The topological polar surface area (TPSA) is 39.2 Å². The normalized spacial score (nSPS) is 12.4. The molecule has 37 heavy (non-hydrogen) atoms. The second kappa shape index (κ2) is 8.62. The fourth-order valence-corrected chi connectivity index (χ4v) is 5.49. The van der Waals surface area contributed by atoms with Gasteiger partial charge < -0.3 is 8.83 Å². The Balaban J connectivity index is 1.59. The van der Waals surface area contributed by atoms with Crippen molar-refractivity contribution >= 4 is 32.8 Å². The van der Waals surface area contributed by atoms with Crippen molar-refractivity contribution in [1.29, 1.82) is 0 Å². The number of rotatable bonds is 4. The van der Waals surface area contributed by atoms with Crippen LogP contribution in [0.25, 0.3) is 55.2 Å². The van der Waals surface area contributed by atoms with E-state index in [1.807, 2.05) is 12.5 Å². The number of aromatic nitrogens is 1. The molecule has 0 bridgehead atoms. The number of hydrogen-bond acceptors (Lipinski definition) is 3. The maximum absolute atomic E-state index is 5.98. The van der Waals surface area contributed by atoms with Crippen LogP contribution in [-0.2, 0) is 11.8 Å². The summed E-state index contributed by atoms with van der Waals surface area (Å²) >= 11 is 0. The largest absolute Gasteiger partial charge is 0.464 e. The molecule has 186 valence electrons. The van der Waals surface area contributed by atoms with Gasteiger partial charge in [-0.3, -0.25) is 0 Å². The van der Waals surface area contributed by atoms with E-state index in [4.69, 9.17) is 13.8 Å². The number of nitrogens with zero attached hydrogens (tertiary/aromatic N) is 1. The standard InChI is InChI=1S/C34H33NO2/c1-20(2)13-25-19-36-31-12-11-23(15-27(25)31)28-17-30(35-33-32(28)21(3)18-37-33)24-14-22-9-7-8-10-26(22)29(16-24)34(4,5)6/h7-12,14-20H,13H2,1-6H3. The van der Waals surface area contributed by atoms with Gasteiger partial charge in [-0.2, -0.15) is 0 Å².